The van der Waals surface area contributed by atoms with Gasteiger partial charge in [0.2, 0.25) is 0 Å². The number of hydrogen-bond donors (Lipinski definition) is 1. The molecule has 0 atom stereocenters. The Labute approximate surface area is 124 Å². The van der Waals surface area contributed by atoms with Crippen molar-refractivity contribution in [2.24, 2.45) is 5.41 Å². The van der Waals surface area contributed by atoms with Gasteiger partial charge < -0.3 is 10.5 Å². The molecule has 0 unspecified atom stereocenters. The van der Waals surface area contributed by atoms with Gasteiger partial charge in [-0.05, 0) is 51.3 Å². The molecule has 0 bridgehead atoms. The molecule has 0 aromatic heterocycles. The Balaban J connectivity index is 2.34. The van der Waals surface area contributed by atoms with Gasteiger partial charge in [0.25, 0.3) is 0 Å². The number of benzene rings is 1. The van der Waals surface area contributed by atoms with Crippen LogP contribution in [0.5, 0.6) is 0 Å². The predicted molar refractivity (Wildman–Crippen MR) is 79.4 cm³/mol. The number of rotatable bonds is 6. The minimum Gasteiger partial charge on any atom is -0.462 e. The number of nitrogens with zero attached hydrogens (tertiary/aromatic N) is 1. The number of nitriles is 1. The van der Waals surface area contributed by atoms with Gasteiger partial charge in [-0.15, -0.1) is 0 Å². The number of carbonyl (C=O) groups is 1. The zero-order valence-corrected chi connectivity index (χ0v) is 12.5. The van der Waals surface area contributed by atoms with E-state index in [1.807, 2.05) is 13.8 Å². The van der Waals surface area contributed by atoms with Crippen LogP contribution in [0.25, 0.3) is 0 Å². The van der Waals surface area contributed by atoms with Gasteiger partial charge in [0, 0.05) is 0 Å². The van der Waals surface area contributed by atoms with Gasteiger partial charge in [0.05, 0.1) is 34.4 Å². The summed E-state index contributed by atoms with van der Waals surface area (Å²) in [6, 6.07) is 6.91. The Hall–Kier alpha value is -1.73. The molecular weight excluding hydrogens is 276 g/mol. The van der Waals surface area contributed by atoms with Gasteiger partial charge in [0.1, 0.15) is 0 Å². The molecule has 0 fully saturated rings. The van der Waals surface area contributed by atoms with E-state index in [-0.39, 0.29) is 5.41 Å². The van der Waals surface area contributed by atoms with Crippen molar-refractivity contribution in [1.29, 1.82) is 5.26 Å². The van der Waals surface area contributed by atoms with Crippen LogP contribution in [0.2, 0.25) is 5.02 Å². The third-order valence-corrected chi connectivity index (χ3v) is 3.30. The van der Waals surface area contributed by atoms with E-state index in [1.54, 1.807) is 12.1 Å². The Morgan fingerprint density at radius 3 is 2.75 bits per heavy atom. The number of nitrogen functional groups attached to an aromatic ring is 1. The minimum atomic E-state index is -0.411. The highest BCUT2D eigenvalue weighted by molar-refractivity contribution is 6.33. The van der Waals surface area contributed by atoms with Gasteiger partial charge >= 0.3 is 5.97 Å². The quantitative estimate of drug-likeness (QED) is 0.492. The average molecular weight is 295 g/mol. The van der Waals surface area contributed by atoms with Gasteiger partial charge in [-0.1, -0.05) is 11.6 Å². The van der Waals surface area contributed by atoms with Crippen molar-refractivity contribution in [2.45, 2.75) is 33.1 Å². The van der Waals surface area contributed by atoms with Crippen LogP contribution in [0.15, 0.2) is 18.2 Å². The molecule has 0 aliphatic carbocycles. The van der Waals surface area contributed by atoms with Crippen LogP contribution in [0.4, 0.5) is 5.69 Å². The lowest BCUT2D eigenvalue weighted by atomic mass is 9.89. The molecule has 0 saturated heterocycles. The number of anilines is 1. The zero-order chi connectivity index (χ0) is 15.2. The number of ether oxygens (including phenoxy) is 1. The molecule has 0 radical (unpaired) electrons. The first-order valence-corrected chi connectivity index (χ1v) is 6.87. The van der Waals surface area contributed by atoms with E-state index in [0.717, 1.165) is 19.3 Å². The lowest BCUT2D eigenvalue weighted by Crippen LogP contribution is -2.10. The van der Waals surface area contributed by atoms with Crippen LogP contribution in [0.1, 0.15) is 43.5 Å². The van der Waals surface area contributed by atoms with Crippen LogP contribution in [0, 0.1) is 16.7 Å². The molecule has 20 heavy (non-hydrogen) atoms. The van der Waals surface area contributed by atoms with Crippen molar-refractivity contribution < 1.29 is 9.53 Å². The third kappa shape index (κ3) is 5.10. The molecular formula is C15H19ClN2O2. The van der Waals surface area contributed by atoms with Crippen molar-refractivity contribution in [3.05, 3.63) is 28.8 Å². The van der Waals surface area contributed by atoms with Gasteiger partial charge in [-0.25, -0.2) is 4.79 Å². The highest BCUT2D eigenvalue weighted by Gasteiger charge is 2.15. The van der Waals surface area contributed by atoms with Crippen molar-refractivity contribution in [3.8, 4) is 6.07 Å². The Morgan fingerprint density at radius 1 is 1.45 bits per heavy atom. The summed E-state index contributed by atoms with van der Waals surface area (Å²) in [4.78, 5) is 11.8. The number of halogens is 1. The topological polar surface area (TPSA) is 76.1 Å². The Kier molecular flexibility index (Phi) is 5.84. The van der Waals surface area contributed by atoms with E-state index >= 15 is 0 Å². The first-order chi connectivity index (χ1) is 9.35. The third-order valence-electron chi connectivity index (χ3n) is 2.97. The smallest absolute Gasteiger partial charge is 0.338 e. The molecule has 1 aromatic carbocycles. The van der Waals surface area contributed by atoms with Gasteiger partial charge in [0.15, 0.2) is 0 Å². The van der Waals surface area contributed by atoms with Gasteiger partial charge in [-0.3, -0.25) is 0 Å². The van der Waals surface area contributed by atoms with Crippen LogP contribution >= 0.6 is 11.6 Å². The molecule has 0 heterocycles. The second-order valence-electron chi connectivity index (χ2n) is 5.33. The van der Waals surface area contributed by atoms with E-state index in [9.17, 15) is 4.79 Å². The van der Waals surface area contributed by atoms with Gasteiger partial charge in [-0.2, -0.15) is 5.26 Å². The maximum atomic E-state index is 11.8. The maximum Gasteiger partial charge on any atom is 0.338 e. The Bertz CT molecular complexity index is 521. The normalized spacial score (nSPS) is 10.9. The molecule has 0 amide bonds. The molecule has 1 rings (SSSR count). The number of unbranched alkanes of at least 4 members (excludes halogenated alkanes) is 1. The monoisotopic (exact) mass is 294 g/mol. The summed E-state index contributed by atoms with van der Waals surface area (Å²) >= 11 is 5.84. The summed E-state index contributed by atoms with van der Waals surface area (Å²) in [5.41, 5.74) is 6.07. The molecule has 2 N–H and O–H groups in total. The predicted octanol–water partition coefficient (Wildman–Crippen LogP) is 3.80. The van der Waals surface area contributed by atoms with Crippen molar-refractivity contribution in [1.82, 2.24) is 0 Å². The first-order valence-electron chi connectivity index (χ1n) is 6.49. The average Bonchev–Trinajstić information content (AvgIpc) is 2.41. The SMILES string of the molecule is CC(C)(C#N)CCCCOC(=O)c1ccc(N)c(Cl)c1. The molecule has 0 spiro atoms. The fourth-order valence-corrected chi connectivity index (χ4v) is 1.81. The van der Waals surface area contributed by atoms with Crippen molar-refractivity contribution in [2.75, 3.05) is 12.3 Å². The van der Waals surface area contributed by atoms with E-state index in [4.69, 9.17) is 27.3 Å². The van der Waals surface area contributed by atoms with E-state index in [0.29, 0.717) is 22.9 Å². The fraction of sp³-hybridized carbons (Fsp3) is 0.467. The summed E-state index contributed by atoms with van der Waals surface area (Å²) in [5, 5.41) is 9.22. The second-order valence-corrected chi connectivity index (χ2v) is 5.73. The van der Waals surface area contributed by atoms with E-state index in [2.05, 4.69) is 6.07 Å². The molecule has 108 valence electrons. The minimum absolute atomic E-state index is 0.325. The van der Waals surface area contributed by atoms with Crippen molar-refractivity contribution >= 4 is 23.3 Å². The van der Waals surface area contributed by atoms with Crippen LogP contribution in [-0.4, -0.2) is 12.6 Å². The number of hydrogen-bond acceptors (Lipinski definition) is 4. The summed E-state index contributed by atoms with van der Waals surface area (Å²) in [6.07, 6.45) is 2.37. The summed E-state index contributed by atoms with van der Waals surface area (Å²) in [5.74, 6) is -0.411. The lowest BCUT2D eigenvalue weighted by molar-refractivity contribution is 0.0496. The van der Waals surface area contributed by atoms with E-state index in [1.165, 1.54) is 6.07 Å². The molecule has 1 aromatic rings. The highest BCUT2D eigenvalue weighted by Crippen LogP contribution is 2.22. The Morgan fingerprint density at radius 2 is 2.15 bits per heavy atom. The standard InChI is InChI=1S/C15H19ClN2O2/c1-15(2,10-17)7-3-4-8-20-14(19)11-5-6-13(18)12(16)9-11/h5-6,9H,3-4,7-8,18H2,1-2H3. The molecule has 4 nitrogen and oxygen atoms in total. The van der Waals surface area contributed by atoms with Crippen LogP contribution in [-0.2, 0) is 4.74 Å². The highest BCUT2D eigenvalue weighted by atomic mass is 35.5. The number of esters is 1. The zero-order valence-electron chi connectivity index (χ0n) is 11.8. The summed E-state index contributed by atoms with van der Waals surface area (Å²) in [7, 11) is 0. The molecule has 0 aliphatic heterocycles. The number of nitrogens with two attached hydrogens (primary N) is 1. The summed E-state index contributed by atoms with van der Waals surface area (Å²) < 4.78 is 5.15. The molecule has 0 saturated carbocycles. The van der Waals surface area contributed by atoms with E-state index < -0.39 is 5.97 Å². The summed E-state index contributed by atoms with van der Waals surface area (Å²) in [6.45, 7) is 4.13. The molecule has 5 heteroatoms. The number of carbonyl (C=O) groups excluding carboxylic acids is 1. The van der Waals surface area contributed by atoms with Crippen molar-refractivity contribution in [3.63, 3.8) is 0 Å². The van der Waals surface area contributed by atoms with Crippen LogP contribution < -0.4 is 5.73 Å². The van der Waals surface area contributed by atoms with Crippen LogP contribution in [0.3, 0.4) is 0 Å². The second kappa shape index (κ2) is 7.16. The molecule has 0 aliphatic rings. The lowest BCUT2D eigenvalue weighted by Gasteiger charge is -2.14. The first kappa shape index (κ1) is 16.3. The largest absolute Gasteiger partial charge is 0.462 e. The fourth-order valence-electron chi connectivity index (χ4n) is 1.63. The maximum absolute atomic E-state index is 11.8.